The molecule has 0 radical (unpaired) electrons. The fraction of sp³-hybridized carbons (Fsp3) is 0.250. The molecule has 1 aromatic carbocycles. The summed E-state index contributed by atoms with van der Waals surface area (Å²) in [7, 11) is 0. The van der Waals surface area contributed by atoms with Gasteiger partial charge in [0, 0.05) is 16.5 Å². The Morgan fingerprint density at radius 3 is 3.00 bits per heavy atom. The van der Waals surface area contributed by atoms with Crippen LogP contribution in [0.3, 0.4) is 0 Å². The molecule has 0 saturated carbocycles. The van der Waals surface area contributed by atoms with Crippen molar-refractivity contribution in [1.82, 2.24) is 5.43 Å². The molecule has 0 spiro atoms. The fourth-order valence-corrected chi connectivity index (χ4v) is 2.43. The average molecular weight is 318 g/mol. The zero-order valence-electron chi connectivity index (χ0n) is 12.3. The zero-order valence-corrected chi connectivity index (χ0v) is 13.1. The van der Waals surface area contributed by atoms with E-state index in [0.29, 0.717) is 24.3 Å². The Hall–Kier alpha value is -2.34. The quantitative estimate of drug-likeness (QED) is 0.609. The first-order valence-electron chi connectivity index (χ1n) is 6.99. The number of thiophene rings is 1. The van der Waals surface area contributed by atoms with E-state index < -0.39 is 0 Å². The van der Waals surface area contributed by atoms with E-state index in [1.165, 1.54) is 23.6 Å². The molecule has 0 fully saturated rings. The van der Waals surface area contributed by atoms with E-state index in [9.17, 15) is 9.90 Å². The summed E-state index contributed by atoms with van der Waals surface area (Å²) in [6.45, 7) is 2.62. The van der Waals surface area contributed by atoms with Gasteiger partial charge in [0.2, 0.25) is 5.91 Å². The van der Waals surface area contributed by atoms with Crippen LogP contribution >= 0.6 is 11.3 Å². The summed E-state index contributed by atoms with van der Waals surface area (Å²) in [5, 5.41) is 15.7. The summed E-state index contributed by atoms with van der Waals surface area (Å²) in [4.78, 5) is 12.6. The normalized spacial score (nSPS) is 10.8. The van der Waals surface area contributed by atoms with Crippen molar-refractivity contribution < 1.29 is 14.6 Å². The first kappa shape index (κ1) is 16.0. The van der Waals surface area contributed by atoms with E-state index in [1.54, 1.807) is 12.1 Å². The molecule has 6 heteroatoms. The van der Waals surface area contributed by atoms with Crippen LogP contribution in [0.5, 0.6) is 11.5 Å². The number of hydrogen-bond acceptors (Lipinski definition) is 5. The van der Waals surface area contributed by atoms with E-state index in [0.717, 1.165) is 11.3 Å². The summed E-state index contributed by atoms with van der Waals surface area (Å²) in [6.07, 6.45) is 2.61. The number of nitrogens with one attached hydrogen (secondary N) is 1. The van der Waals surface area contributed by atoms with Crippen LogP contribution in [0.1, 0.15) is 23.8 Å². The molecule has 22 heavy (non-hydrogen) atoms. The van der Waals surface area contributed by atoms with Crippen LogP contribution in [0.15, 0.2) is 40.8 Å². The highest BCUT2D eigenvalue weighted by molar-refractivity contribution is 7.10. The third-order valence-corrected chi connectivity index (χ3v) is 3.66. The third-order valence-electron chi connectivity index (χ3n) is 2.78. The van der Waals surface area contributed by atoms with Crippen LogP contribution in [0.25, 0.3) is 0 Å². The highest BCUT2D eigenvalue weighted by Crippen LogP contribution is 2.22. The number of carbonyl (C=O) groups excluding carboxylic acids is 1. The van der Waals surface area contributed by atoms with Gasteiger partial charge in [0.1, 0.15) is 11.5 Å². The van der Waals surface area contributed by atoms with Gasteiger partial charge in [0.05, 0.1) is 19.2 Å². The Labute approximate surface area is 133 Å². The first-order chi connectivity index (χ1) is 10.7. The minimum absolute atomic E-state index is 0.0601. The molecular weight excluding hydrogens is 300 g/mol. The second-order valence-corrected chi connectivity index (χ2v) is 5.65. The average Bonchev–Trinajstić information content (AvgIpc) is 3.00. The lowest BCUT2D eigenvalue weighted by atomic mass is 10.2. The highest BCUT2D eigenvalue weighted by atomic mass is 32.1. The number of carbonyl (C=O) groups is 1. The number of benzene rings is 1. The number of phenols is 1. The molecule has 0 unspecified atom stereocenters. The molecule has 0 atom stereocenters. The Bertz CT molecular complexity index is 639. The molecule has 0 bridgehead atoms. The van der Waals surface area contributed by atoms with Crippen LogP contribution in [-0.2, 0) is 11.2 Å². The number of hydrogen-bond donors (Lipinski definition) is 2. The number of ether oxygens (including phenoxy) is 1. The van der Waals surface area contributed by atoms with Crippen molar-refractivity contribution in [3.8, 4) is 11.5 Å². The van der Waals surface area contributed by atoms with E-state index in [1.807, 2.05) is 24.4 Å². The Balaban J connectivity index is 1.88. The lowest BCUT2D eigenvalue weighted by Crippen LogP contribution is -2.19. The first-order valence-corrected chi connectivity index (χ1v) is 7.87. The van der Waals surface area contributed by atoms with Gasteiger partial charge < -0.3 is 9.84 Å². The fourth-order valence-electron chi connectivity index (χ4n) is 1.73. The molecule has 2 aromatic rings. The summed E-state index contributed by atoms with van der Waals surface area (Å²) in [5.41, 5.74) is 2.95. The van der Waals surface area contributed by atoms with Crippen LogP contribution in [0.4, 0.5) is 0 Å². The van der Waals surface area contributed by atoms with E-state index >= 15 is 0 Å². The monoisotopic (exact) mass is 318 g/mol. The minimum Gasteiger partial charge on any atom is -0.507 e. The SMILES string of the molecule is CCCOc1ccc(/C=N/NC(=O)Cc2cccs2)c(O)c1. The van der Waals surface area contributed by atoms with E-state index in [4.69, 9.17) is 4.74 Å². The van der Waals surface area contributed by atoms with Crippen molar-refractivity contribution in [1.29, 1.82) is 0 Å². The molecule has 2 rings (SSSR count). The Morgan fingerprint density at radius 2 is 2.32 bits per heavy atom. The minimum atomic E-state index is -0.193. The number of hydrazone groups is 1. The Morgan fingerprint density at radius 1 is 1.45 bits per heavy atom. The Kier molecular flexibility index (Phi) is 5.97. The van der Waals surface area contributed by atoms with E-state index in [-0.39, 0.29) is 11.7 Å². The van der Waals surface area contributed by atoms with Crippen molar-refractivity contribution in [2.45, 2.75) is 19.8 Å². The number of amides is 1. The van der Waals surface area contributed by atoms with Gasteiger partial charge in [-0.3, -0.25) is 4.79 Å². The predicted octanol–water partition coefficient (Wildman–Crippen LogP) is 2.94. The molecule has 0 aliphatic heterocycles. The molecule has 0 aliphatic rings. The maximum Gasteiger partial charge on any atom is 0.245 e. The van der Waals surface area contributed by atoms with Crippen LogP contribution < -0.4 is 10.2 Å². The van der Waals surface area contributed by atoms with E-state index in [2.05, 4.69) is 10.5 Å². The van der Waals surface area contributed by atoms with Gasteiger partial charge in [0.25, 0.3) is 0 Å². The maximum absolute atomic E-state index is 11.7. The zero-order chi connectivity index (χ0) is 15.8. The third kappa shape index (κ3) is 4.89. The summed E-state index contributed by atoms with van der Waals surface area (Å²) in [6, 6.07) is 8.77. The van der Waals surface area contributed by atoms with Crippen molar-refractivity contribution in [2.24, 2.45) is 5.10 Å². The summed E-state index contributed by atoms with van der Waals surface area (Å²) < 4.78 is 5.42. The van der Waals surface area contributed by atoms with Crippen molar-refractivity contribution in [3.05, 3.63) is 46.2 Å². The van der Waals surface area contributed by atoms with Gasteiger partial charge in [-0.15, -0.1) is 11.3 Å². The number of nitrogens with zero attached hydrogens (tertiary/aromatic N) is 1. The molecule has 2 N–H and O–H groups in total. The number of phenolic OH excluding ortho intramolecular Hbond substituents is 1. The van der Waals surface area contributed by atoms with Gasteiger partial charge >= 0.3 is 0 Å². The standard InChI is InChI=1S/C16H18N2O3S/c1-2-7-21-13-6-5-12(15(19)9-13)11-17-18-16(20)10-14-4-3-8-22-14/h3-6,8-9,11,19H,2,7,10H2,1H3,(H,18,20)/b17-11+. The van der Waals surface area contributed by atoms with Gasteiger partial charge in [0.15, 0.2) is 0 Å². The molecule has 0 saturated heterocycles. The topological polar surface area (TPSA) is 70.9 Å². The number of rotatable bonds is 7. The molecular formula is C16H18N2O3S. The lowest BCUT2D eigenvalue weighted by molar-refractivity contribution is -0.120. The van der Waals surface area contributed by atoms with Crippen molar-refractivity contribution >= 4 is 23.5 Å². The summed E-state index contributed by atoms with van der Waals surface area (Å²) in [5.74, 6) is 0.476. The molecule has 0 aliphatic carbocycles. The second kappa shape index (κ2) is 8.19. The van der Waals surface area contributed by atoms with Gasteiger partial charge in [-0.25, -0.2) is 5.43 Å². The second-order valence-electron chi connectivity index (χ2n) is 4.62. The maximum atomic E-state index is 11.7. The molecule has 1 heterocycles. The number of aromatic hydroxyl groups is 1. The molecule has 5 nitrogen and oxygen atoms in total. The van der Waals surface area contributed by atoms with Gasteiger partial charge in [-0.1, -0.05) is 13.0 Å². The molecule has 1 aromatic heterocycles. The largest absolute Gasteiger partial charge is 0.507 e. The van der Waals surface area contributed by atoms with Gasteiger partial charge in [-0.05, 0) is 30.0 Å². The van der Waals surface area contributed by atoms with Gasteiger partial charge in [-0.2, -0.15) is 5.10 Å². The predicted molar refractivity (Wildman–Crippen MR) is 87.7 cm³/mol. The highest BCUT2D eigenvalue weighted by Gasteiger charge is 2.04. The van der Waals surface area contributed by atoms with Crippen LogP contribution in [-0.4, -0.2) is 23.8 Å². The summed E-state index contributed by atoms with van der Waals surface area (Å²) >= 11 is 1.52. The molecule has 1 amide bonds. The smallest absolute Gasteiger partial charge is 0.245 e. The lowest BCUT2D eigenvalue weighted by Gasteiger charge is -2.06. The van der Waals surface area contributed by atoms with Crippen molar-refractivity contribution in [2.75, 3.05) is 6.61 Å². The van der Waals surface area contributed by atoms with Crippen LogP contribution in [0, 0.1) is 0 Å². The van der Waals surface area contributed by atoms with Crippen molar-refractivity contribution in [3.63, 3.8) is 0 Å². The van der Waals surface area contributed by atoms with Crippen LogP contribution in [0.2, 0.25) is 0 Å². The molecule has 116 valence electrons.